The van der Waals surface area contributed by atoms with E-state index in [2.05, 4.69) is 47.2 Å². The molecule has 2 N–H and O–H groups in total. The van der Waals surface area contributed by atoms with Crippen LogP contribution in [0.5, 0.6) is 0 Å². The molecule has 1 heterocycles. The highest BCUT2D eigenvalue weighted by molar-refractivity contribution is 5.14. The lowest BCUT2D eigenvalue weighted by Crippen LogP contribution is -2.51. The van der Waals surface area contributed by atoms with E-state index in [1.807, 2.05) is 0 Å². The van der Waals surface area contributed by atoms with E-state index < -0.39 is 0 Å². The van der Waals surface area contributed by atoms with Gasteiger partial charge in [-0.2, -0.15) is 0 Å². The molecule has 1 aliphatic rings. The fraction of sp³-hybridized carbons (Fsp3) is 0.571. The third-order valence-corrected chi connectivity index (χ3v) is 3.61. The van der Waals surface area contributed by atoms with Crippen LogP contribution in [0.4, 0.5) is 0 Å². The lowest BCUT2D eigenvalue weighted by atomic mass is 10.1. The molecule has 1 fully saturated rings. The first kappa shape index (κ1) is 12.6. The summed E-state index contributed by atoms with van der Waals surface area (Å²) in [6.45, 7) is 5.30. The number of hydrogen-bond donors (Lipinski definition) is 1. The molecule has 0 spiro atoms. The Morgan fingerprint density at radius 2 is 2.00 bits per heavy atom. The molecule has 0 amide bonds. The van der Waals surface area contributed by atoms with Crippen molar-refractivity contribution in [2.24, 2.45) is 5.73 Å². The van der Waals surface area contributed by atoms with Crippen LogP contribution in [0.2, 0.25) is 0 Å². The van der Waals surface area contributed by atoms with E-state index in [1.165, 1.54) is 5.56 Å². The molecule has 1 aromatic rings. The highest BCUT2D eigenvalue weighted by Gasteiger charge is 2.23. The Kier molecular flexibility index (Phi) is 4.54. The van der Waals surface area contributed by atoms with Gasteiger partial charge in [-0.05, 0) is 25.6 Å². The SMILES string of the molecule is CN1CCN(Cc2ccccc2)CC1CCN. The molecule has 1 unspecified atom stereocenters. The summed E-state index contributed by atoms with van der Waals surface area (Å²) < 4.78 is 0. The molecule has 0 saturated carbocycles. The average Bonchev–Trinajstić information content (AvgIpc) is 2.35. The summed E-state index contributed by atoms with van der Waals surface area (Å²) in [5.41, 5.74) is 7.08. The van der Waals surface area contributed by atoms with E-state index in [0.717, 1.165) is 39.1 Å². The van der Waals surface area contributed by atoms with Gasteiger partial charge in [0.2, 0.25) is 0 Å². The number of piperazine rings is 1. The molecule has 94 valence electrons. The van der Waals surface area contributed by atoms with Gasteiger partial charge < -0.3 is 10.6 Å². The lowest BCUT2D eigenvalue weighted by Gasteiger charge is -2.39. The molecule has 1 atom stereocenters. The fourth-order valence-corrected chi connectivity index (χ4v) is 2.50. The largest absolute Gasteiger partial charge is 0.330 e. The second-order valence-electron chi connectivity index (χ2n) is 4.93. The molecule has 1 saturated heterocycles. The molecular formula is C14H23N3. The number of hydrogen-bond acceptors (Lipinski definition) is 3. The molecule has 1 aliphatic heterocycles. The Hall–Kier alpha value is -0.900. The number of nitrogens with two attached hydrogens (primary N) is 1. The first-order valence-corrected chi connectivity index (χ1v) is 6.46. The summed E-state index contributed by atoms with van der Waals surface area (Å²) in [6.07, 6.45) is 1.10. The fourth-order valence-electron chi connectivity index (χ4n) is 2.50. The van der Waals surface area contributed by atoms with E-state index >= 15 is 0 Å². The lowest BCUT2D eigenvalue weighted by molar-refractivity contribution is 0.0870. The van der Waals surface area contributed by atoms with Crippen LogP contribution < -0.4 is 5.73 Å². The zero-order valence-corrected chi connectivity index (χ0v) is 10.7. The predicted octanol–water partition coefficient (Wildman–Crippen LogP) is 1.15. The summed E-state index contributed by atoms with van der Waals surface area (Å²) in [6, 6.07) is 11.3. The summed E-state index contributed by atoms with van der Waals surface area (Å²) in [5, 5.41) is 0. The van der Waals surface area contributed by atoms with E-state index in [4.69, 9.17) is 5.73 Å². The van der Waals surface area contributed by atoms with Crippen molar-refractivity contribution in [2.45, 2.75) is 19.0 Å². The molecular weight excluding hydrogens is 210 g/mol. The Morgan fingerprint density at radius 1 is 1.24 bits per heavy atom. The zero-order valence-electron chi connectivity index (χ0n) is 10.7. The minimum absolute atomic E-state index is 0.623. The molecule has 0 radical (unpaired) electrons. The van der Waals surface area contributed by atoms with Crippen LogP contribution >= 0.6 is 0 Å². The molecule has 3 nitrogen and oxygen atoms in total. The quantitative estimate of drug-likeness (QED) is 0.847. The average molecular weight is 233 g/mol. The van der Waals surface area contributed by atoms with Crippen molar-refractivity contribution < 1.29 is 0 Å². The maximum Gasteiger partial charge on any atom is 0.0234 e. The molecule has 1 aromatic carbocycles. The number of likely N-dealkylation sites (N-methyl/N-ethyl adjacent to an activating group) is 1. The molecule has 2 rings (SSSR count). The summed E-state index contributed by atoms with van der Waals surface area (Å²) >= 11 is 0. The highest BCUT2D eigenvalue weighted by Crippen LogP contribution is 2.13. The zero-order chi connectivity index (χ0) is 12.1. The van der Waals surface area contributed by atoms with Crippen LogP contribution in [0.3, 0.4) is 0 Å². The molecule has 3 heteroatoms. The van der Waals surface area contributed by atoms with E-state index in [-0.39, 0.29) is 0 Å². The van der Waals surface area contributed by atoms with Gasteiger partial charge in [0.25, 0.3) is 0 Å². The third-order valence-electron chi connectivity index (χ3n) is 3.61. The maximum absolute atomic E-state index is 5.67. The van der Waals surface area contributed by atoms with Crippen LogP contribution in [0, 0.1) is 0 Å². The molecule has 0 aromatic heterocycles. The van der Waals surface area contributed by atoms with Crippen molar-refractivity contribution in [3.05, 3.63) is 35.9 Å². The van der Waals surface area contributed by atoms with Crippen LogP contribution in [-0.4, -0.2) is 49.1 Å². The number of benzene rings is 1. The van der Waals surface area contributed by atoms with Crippen molar-refractivity contribution in [2.75, 3.05) is 33.2 Å². The van der Waals surface area contributed by atoms with Crippen molar-refractivity contribution >= 4 is 0 Å². The normalized spacial score (nSPS) is 22.8. The monoisotopic (exact) mass is 233 g/mol. The minimum atomic E-state index is 0.623. The Bertz CT molecular complexity index is 325. The smallest absolute Gasteiger partial charge is 0.0234 e. The Balaban J connectivity index is 1.90. The van der Waals surface area contributed by atoms with Crippen LogP contribution in [-0.2, 0) is 6.54 Å². The molecule has 17 heavy (non-hydrogen) atoms. The second kappa shape index (κ2) is 6.15. The van der Waals surface area contributed by atoms with Gasteiger partial charge in [0.15, 0.2) is 0 Å². The summed E-state index contributed by atoms with van der Waals surface area (Å²) in [4.78, 5) is 4.98. The van der Waals surface area contributed by atoms with Crippen LogP contribution in [0.25, 0.3) is 0 Å². The van der Waals surface area contributed by atoms with Crippen molar-refractivity contribution in [3.8, 4) is 0 Å². The van der Waals surface area contributed by atoms with Gasteiger partial charge in [-0.3, -0.25) is 4.90 Å². The molecule has 0 bridgehead atoms. The van der Waals surface area contributed by atoms with Crippen LogP contribution in [0.1, 0.15) is 12.0 Å². The van der Waals surface area contributed by atoms with Crippen molar-refractivity contribution in [3.63, 3.8) is 0 Å². The predicted molar refractivity (Wildman–Crippen MR) is 71.8 cm³/mol. The highest BCUT2D eigenvalue weighted by atomic mass is 15.3. The van der Waals surface area contributed by atoms with Gasteiger partial charge in [0.05, 0.1) is 0 Å². The minimum Gasteiger partial charge on any atom is -0.330 e. The standard InChI is InChI=1S/C14H23N3/c1-16-9-10-17(12-14(16)7-8-15)11-13-5-3-2-4-6-13/h2-6,14H,7-12,15H2,1H3. The molecule has 0 aliphatic carbocycles. The first-order valence-electron chi connectivity index (χ1n) is 6.46. The summed E-state index contributed by atoms with van der Waals surface area (Å²) in [5.74, 6) is 0. The van der Waals surface area contributed by atoms with Gasteiger partial charge >= 0.3 is 0 Å². The van der Waals surface area contributed by atoms with Gasteiger partial charge in [-0.15, -0.1) is 0 Å². The first-order chi connectivity index (χ1) is 8.29. The van der Waals surface area contributed by atoms with E-state index in [0.29, 0.717) is 6.04 Å². The van der Waals surface area contributed by atoms with Crippen LogP contribution in [0.15, 0.2) is 30.3 Å². The maximum atomic E-state index is 5.67. The van der Waals surface area contributed by atoms with Gasteiger partial charge in [-0.1, -0.05) is 30.3 Å². The van der Waals surface area contributed by atoms with Crippen molar-refractivity contribution in [1.82, 2.24) is 9.80 Å². The third kappa shape index (κ3) is 3.53. The van der Waals surface area contributed by atoms with Gasteiger partial charge in [-0.25, -0.2) is 0 Å². The Labute approximate surface area is 104 Å². The van der Waals surface area contributed by atoms with Crippen molar-refractivity contribution in [1.29, 1.82) is 0 Å². The Morgan fingerprint density at radius 3 is 2.71 bits per heavy atom. The topological polar surface area (TPSA) is 32.5 Å². The number of rotatable bonds is 4. The van der Waals surface area contributed by atoms with E-state index in [1.54, 1.807) is 0 Å². The van der Waals surface area contributed by atoms with Gasteiger partial charge in [0.1, 0.15) is 0 Å². The second-order valence-corrected chi connectivity index (χ2v) is 4.93. The van der Waals surface area contributed by atoms with E-state index in [9.17, 15) is 0 Å². The van der Waals surface area contributed by atoms with Gasteiger partial charge in [0, 0.05) is 32.2 Å². The summed E-state index contributed by atoms with van der Waals surface area (Å²) in [7, 11) is 2.21. The number of nitrogens with zero attached hydrogens (tertiary/aromatic N) is 2.